The van der Waals surface area contributed by atoms with Gasteiger partial charge < -0.3 is 5.32 Å². The van der Waals surface area contributed by atoms with Crippen LogP contribution in [0.2, 0.25) is 0 Å². The summed E-state index contributed by atoms with van der Waals surface area (Å²) in [6.45, 7) is 0.165. The molecule has 1 amide bonds. The lowest BCUT2D eigenvalue weighted by Crippen LogP contribution is -2.50. The van der Waals surface area contributed by atoms with Gasteiger partial charge in [-0.2, -0.15) is 13.2 Å². The second-order valence-corrected chi connectivity index (χ2v) is 2.26. The van der Waals surface area contributed by atoms with Crippen molar-refractivity contribution in [2.45, 2.75) is 12.6 Å². The first-order chi connectivity index (χ1) is 4.49. The highest BCUT2D eigenvalue weighted by Crippen LogP contribution is 2.26. The number of carbonyl (C=O) groups is 1. The molecule has 1 unspecified atom stereocenters. The first kappa shape index (κ1) is 7.37. The number of β-lactam (4-membered cyclic amide) rings is 1. The van der Waals surface area contributed by atoms with E-state index in [0.717, 1.165) is 0 Å². The van der Waals surface area contributed by atoms with E-state index < -0.39 is 24.4 Å². The highest BCUT2D eigenvalue weighted by molar-refractivity contribution is 5.84. The fraction of sp³-hybridized carbons (Fsp3) is 0.800. The van der Waals surface area contributed by atoms with Crippen LogP contribution in [0.4, 0.5) is 13.2 Å². The van der Waals surface area contributed by atoms with Gasteiger partial charge in [0.05, 0.1) is 12.3 Å². The van der Waals surface area contributed by atoms with Crippen molar-refractivity contribution in [3.63, 3.8) is 0 Å². The van der Waals surface area contributed by atoms with Crippen molar-refractivity contribution in [3.05, 3.63) is 0 Å². The van der Waals surface area contributed by atoms with Crippen molar-refractivity contribution in [2.75, 3.05) is 6.54 Å². The number of nitrogens with one attached hydrogen (secondary N) is 1. The predicted molar refractivity (Wildman–Crippen MR) is 27.2 cm³/mol. The Balaban J connectivity index is 2.32. The average molecular weight is 153 g/mol. The predicted octanol–water partition coefficient (Wildman–Crippen LogP) is 0.685. The zero-order valence-corrected chi connectivity index (χ0v) is 5.03. The summed E-state index contributed by atoms with van der Waals surface area (Å²) in [5, 5.41) is 2.24. The summed E-state index contributed by atoms with van der Waals surface area (Å²) in [7, 11) is 0. The fourth-order valence-electron chi connectivity index (χ4n) is 0.774. The van der Waals surface area contributed by atoms with Crippen LogP contribution >= 0.6 is 0 Å². The van der Waals surface area contributed by atoms with Gasteiger partial charge in [-0.1, -0.05) is 0 Å². The van der Waals surface area contributed by atoms with Gasteiger partial charge in [0.2, 0.25) is 5.91 Å². The van der Waals surface area contributed by atoms with E-state index in [2.05, 4.69) is 5.32 Å². The molecule has 1 N–H and O–H groups in total. The van der Waals surface area contributed by atoms with E-state index in [1.54, 1.807) is 0 Å². The van der Waals surface area contributed by atoms with Crippen LogP contribution in [0, 0.1) is 5.92 Å². The Labute approximate surface area is 55.4 Å². The Morgan fingerprint density at radius 3 is 2.30 bits per heavy atom. The molecule has 5 heteroatoms. The lowest BCUT2D eigenvalue weighted by molar-refractivity contribution is -0.160. The Bertz CT molecular complexity index is 153. The van der Waals surface area contributed by atoms with E-state index in [0.29, 0.717) is 0 Å². The number of alkyl halides is 3. The van der Waals surface area contributed by atoms with Crippen molar-refractivity contribution in [3.8, 4) is 0 Å². The number of amides is 1. The third-order valence-corrected chi connectivity index (χ3v) is 1.37. The lowest BCUT2D eigenvalue weighted by Gasteiger charge is -2.26. The lowest BCUT2D eigenvalue weighted by atomic mass is 9.98. The standard InChI is InChI=1S/C5H6F3NO/c6-5(7,8)1-3-2-9-4(3)10/h3H,1-2H2,(H,9,10). The zero-order chi connectivity index (χ0) is 7.78. The van der Waals surface area contributed by atoms with Crippen LogP contribution in [-0.2, 0) is 4.79 Å². The van der Waals surface area contributed by atoms with Crippen LogP contribution in [0.3, 0.4) is 0 Å². The van der Waals surface area contributed by atoms with E-state index in [1.807, 2.05) is 0 Å². The monoisotopic (exact) mass is 153 g/mol. The van der Waals surface area contributed by atoms with Crippen molar-refractivity contribution < 1.29 is 18.0 Å². The fourth-order valence-corrected chi connectivity index (χ4v) is 0.774. The number of hydrogen-bond donors (Lipinski definition) is 1. The molecule has 0 aromatic heterocycles. The third kappa shape index (κ3) is 1.62. The second kappa shape index (κ2) is 2.14. The molecule has 0 bridgehead atoms. The summed E-state index contributed by atoms with van der Waals surface area (Å²) < 4.78 is 34.6. The second-order valence-electron chi connectivity index (χ2n) is 2.26. The maximum Gasteiger partial charge on any atom is 0.389 e. The maximum atomic E-state index is 11.5. The summed E-state index contributed by atoms with van der Waals surface area (Å²) in [6, 6.07) is 0. The SMILES string of the molecule is O=C1NCC1CC(F)(F)F. The molecular weight excluding hydrogens is 147 g/mol. The molecule has 0 aromatic carbocycles. The van der Waals surface area contributed by atoms with Gasteiger partial charge in [0.15, 0.2) is 0 Å². The third-order valence-electron chi connectivity index (χ3n) is 1.37. The molecule has 1 atom stereocenters. The van der Waals surface area contributed by atoms with Gasteiger partial charge >= 0.3 is 6.18 Å². The summed E-state index contributed by atoms with van der Waals surface area (Å²) >= 11 is 0. The minimum atomic E-state index is -4.21. The summed E-state index contributed by atoms with van der Waals surface area (Å²) in [5.41, 5.74) is 0. The topological polar surface area (TPSA) is 29.1 Å². The minimum Gasteiger partial charge on any atom is -0.355 e. The molecule has 0 aromatic rings. The van der Waals surface area contributed by atoms with E-state index in [9.17, 15) is 18.0 Å². The van der Waals surface area contributed by atoms with Crippen LogP contribution in [0.1, 0.15) is 6.42 Å². The molecule has 0 spiro atoms. The molecule has 1 fully saturated rings. The molecule has 1 aliphatic heterocycles. The van der Waals surface area contributed by atoms with E-state index in [1.165, 1.54) is 0 Å². The summed E-state index contributed by atoms with van der Waals surface area (Å²) in [6.07, 6.45) is -5.19. The summed E-state index contributed by atoms with van der Waals surface area (Å²) in [4.78, 5) is 10.3. The number of rotatable bonds is 1. The van der Waals surface area contributed by atoms with Crippen molar-refractivity contribution in [1.82, 2.24) is 5.32 Å². The van der Waals surface area contributed by atoms with Gasteiger partial charge in [0.1, 0.15) is 0 Å². The molecular formula is C5H6F3NO. The molecule has 1 rings (SSSR count). The average Bonchev–Trinajstić information content (AvgIpc) is 1.78. The first-order valence-electron chi connectivity index (χ1n) is 2.83. The van der Waals surface area contributed by atoms with Crippen molar-refractivity contribution in [2.24, 2.45) is 5.92 Å². The molecule has 10 heavy (non-hydrogen) atoms. The van der Waals surface area contributed by atoms with E-state index in [4.69, 9.17) is 0 Å². The van der Waals surface area contributed by atoms with Crippen LogP contribution in [0.25, 0.3) is 0 Å². The molecule has 0 aliphatic carbocycles. The van der Waals surface area contributed by atoms with Crippen LogP contribution in [-0.4, -0.2) is 18.6 Å². The summed E-state index contributed by atoms with van der Waals surface area (Å²) in [5.74, 6) is -1.32. The number of halogens is 3. The van der Waals surface area contributed by atoms with E-state index >= 15 is 0 Å². The Kier molecular flexibility index (Phi) is 1.58. The highest BCUT2D eigenvalue weighted by Gasteiger charge is 2.39. The quantitative estimate of drug-likeness (QED) is 0.551. The van der Waals surface area contributed by atoms with Crippen LogP contribution < -0.4 is 5.32 Å². The van der Waals surface area contributed by atoms with Gasteiger partial charge in [0.25, 0.3) is 0 Å². The minimum absolute atomic E-state index is 0.165. The van der Waals surface area contributed by atoms with E-state index in [-0.39, 0.29) is 6.54 Å². The van der Waals surface area contributed by atoms with Crippen LogP contribution in [0.5, 0.6) is 0 Å². The van der Waals surface area contributed by atoms with Gasteiger partial charge in [-0.15, -0.1) is 0 Å². The van der Waals surface area contributed by atoms with Gasteiger partial charge in [0, 0.05) is 6.54 Å². The number of hydrogen-bond acceptors (Lipinski definition) is 1. The normalized spacial score (nSPS) is 25.5. The van der Waals surface area contributed by atoms with Gasteiger partial charge in [-0.25, -0.2) is 0 Å². The maximum absolute atomic E-state index is 11.5. The smallest absolute Gasteiger partial charge is 0.355 e. The molecule has 58 valence electrons. The molecule has 0 saturated carbocycles. The van der Waals surface area contributed by atoms with Gasteiger partial charge in [-0.05, 0) is 0 Å². The Hall–Kier alpha value is -0.740. The highest BCUT2D eigenvalue weighted by atomic mass is 19.4. The van der Waals surface area contributed by atoms with Crippen molar-refractivity contribution in [1.29, 1.82) is 0 Å². The molecule has 1 aliphatic rings. The molecule has 1 heterocycles. The Morgan fingerprint density at radius 1 is 1.60 bits per heavy atom. The first-order valence-corrected chi connectivity index (χ1v) is 2.83. The molecule has 2 nitrogen and oxygen atoms in total. The van der Waals surface area contributed by atoms with Crippen molar-refractivity contribution >= 4 is 5.91 Å². The number of carbonyl (C=O) groups excluding carboxylic acids is 1. The Morgan fingerprint density at radius 2 is 2.20 bits per heavy atom. The van der Waals surface area contributed by atoms with Crippen LogP contribution in [0.15, 0.2) is 0 Å². The zero-order valence-electron chi connectivity index (χ0n) is 5.03. The largest absolute Gasteiger partial charge is 0.389 e. The molecule has 0 radical (unpaired) electrons. The van der Waals surface area contributed by atoms with Gasteiger partial charge in [-0.3, -0.25) is 4.79 Å². The molecule has 1 saturated heterocycles.